The summed E-state index contributed by atoms with van der Waals surface area (Å²) in [5.41, 5.74) is -0.301. The highest BCUT2D eigenvalue weighted by Crippen LogP contribution is 2.08. The van der Waals surface area contributed by atoms with Crippen molar-refractivity contribution < 1.29 is 9.59 Å². The molecule has 0 spiro atoms. The molecule has 0 saturated heterocycles. The molecular weight excluding hydrogens is 252 g/mol. The zero-order chi connectivity index (χ0) is 15.8. The van der Waals surface area contributed by atoms with Gasteiger partial charge in [0.2, 0.25) is 11.8 Å². The van der Waals surface area contributed by atoms with E-state index in [9.17, 15) is 9.59 Å². The molecule has 4 heteroatoms. The molecule has 0 aliphatic rings. The Hall–Kier alpha value is -1.06. The summed E-state index contributed by atoms with van der Waals surface area (Å²) in [6.45, 7) is 11.9. The highest BCUT2D eigenvalue weighted by atomic mass is 16.2. The van der Waals surface area contributed by atoms with E-state index in [0.717, 1.165) is 25.7 Å². The first kappa shape index (κ1) is 18.9. The third-order valence-corrected chi connectivity index (χ3v) is 2.59. The minimum Gasteiger partial charge on any atom is -0.352 e. The van der Waals surface area contributed by atoms with Gasteiger partial charge in [0.05, 0.1) is 0 Å². The fourth-order valence-electron chi connectivity index (χ4n) is 1.89. The van der Waals surface area contributed by atoms with Crippen LogP contribution in [0.1, 0.15) is 80.1 Å². The van der Waals surface area contributed by atoms with Crippen LogP contribution in [0.5, 0.6) is 0 Å². The molecule has 0 rings (SSSR count). The fraction of sp³-hybridized carbons (Fsp3) is 0.875. The van der Waals surface area contributed by atoms with Gasteiger partial charge in [0, 0.05) is 23.9 Å². The molecule has 0 aromatic carbocycles. The third kappa shape index (κ3) is 13.4. The second-order valence-corrected chi connectivity index (χ2v) is 7.51. The Kier molecular flexibility index (Phi) is 7.84. The quantitative estimate of drug-likeness (QED) is 0.706. The van der Waals surface area contributed by atoms with Gasteiger partial charge in [0.25, 0.3) is 0 Å². The van der Waals surface area contributed by atoms with E-state index < -0.39 is 0 Å². The molecule has 0 aliphatic heterocycles. The predicted molar refractivity (Wildman–Crippen MR) is 83.5 cm³/mol. The van der Waals surface area contributed by atoms with Gasteiger partial charge < -0.3 is 10.6 Å². The van der Waals surface area contributed by atoms with Gasteiger partial charge in [-0.1, -0.05) is 12.8 Å². The van der Waals surface area contributed by atoms with Gasteiger partial charge in [-0.25, -0.2) is 0 Å². The van der Waals surface area contributed by atoms with Crippen LogP contribution in [0, 0.1) is 0 Å². The number of carbonyl (C=O) groups excluding carboxylic acids is 2. The standard InChI is InChI=1S/C16H32N2O2/c1-15(2,3)17-13(19)11-9-7-8-10-12-14(20)18-16(4,5)6/h7-12H2,1-6H3,(H,17,19)(H,18,20). The zero-order valence-corrected chi connectivity index (χ0v) is 14.1. The van der Waals surface area contributed by atoms with Gasteiger partial charge in [-0.15, -0.1) is 0 Å². The summed E-state index contributed by atoms with van der Waals surface area (Å²) in [5, 5.41) is 5.90. The molecular formula is C16H32N2O2. The molecule has 0 saturated carbocycles. The predicted octanol–water partition coefficient (Wildman–Crippen LogP) is 3.16. The van der Waals surface area contributed by atoms with E-state index in [2.05, 4.69) is 10.6 Å². The number of hydrogen-bond acceptors (Lipinski definition) is 2. The fourth-order valence-corrected chi connectivity index (χ4v) is 1.89. The Balaban J connectivity index is 3.54. The summed E-state index contributed by atoms with van der Waals surface area (Å²) in [6.07, 6.45) is 4.93. The maximum absolute atomic E-state index is 11.6. The van der Waals surface area contributed by atoms with Crippen molar-refractivity contribution in [3.8, 4) is 0 Å². The summed E-state index contributed by atoms with van der Waals surface area (Å²) >= 11 is 0. The third-order valence-electron chi connectivity index (χ3n) is 2.59. The molecule has 4 nitrogen and oxygen atoms in total. The van der Waals surface area contributed by atoms with Crippen molar-refractivity contribution in [3.63, 3.8) is 0 Å². The second-order valence-electron chi connectivity index (χ2n) is 7.51. The molecule has 0 unspecified atom stereocenters. The average Bonchev–Trinajstić information content (AvgIpc) is 2.17. The maximum atomic E-state index is 11.6. The molecule has 118 valence electrons. The summed E-state index contributed by atoms with van der Waals surface area (Å²) in [7, 11) is 0. The van der Waals surface area contributed by atoms with E-state index in [-0.39, 0.29) is 22.9 Å². The molecule has 20 heavy (non-hydrogen) atoms. The van der Waals surface area contributed by atoms with E-state index in [1.54, 1.807) is 0 Å². The molecule has 0 aromatic rings. The Labute approximate surface area is 124 Å². The van der Waals surface area contributed by atoms with Crippen LogP contribution in [0.15, 0.2) is 0 Å². The lowest BCUT2D eigenvalue weighted by Crippen LogP contribution is -2.40. The van der Waals surface area contributed by atoms with Crippen molar-refractivity contribution in [2.45, 2.75) is 91.1 Å². The van der Waals surface area contributed by atoms with E-state index >= 15 is 0 Å². The Morgan fingerprint density at radius 2 is 0.950 bits per heavy atom. The molecule has 0 bridgehead atoms. The lowest BCUT2D eigenvalue weighted by molar-refractivity contribution is -0.123. The van der Waals surface area contributed by atoms with Crippen molar-refractivity contribution in [1.29, 1.82) is 0 Å². The van der Waals surface area contributed by atoms with Gasteiger partial charge in [-0.3, -0.25) is 9.59 Å². The van der Waals surface area contributed by atoms with Gasteiger partial charge in [0.1, 0.15) is 0 Å². The van der Waals surface area contributed by atoms with Crippen LogP contribution in [-0.2, 0) is 9.59 Å². The number of rotatable bonds is 7. The van der Waals surface area contributed by atoms with Crippen LogP contribution in [0.25, 0.3) is 0 Å². The minimum absolute atomic E-state index is 0.114. The van der Waals surface area contributed by atoms with Gasteiger partial charge in [-0.05, 0) is 54.4 Å². The van der Waals surface area contributed by atoms with Crippen molar-refractivity contribution in [2.24, 2.45) is 0 Å². The van der Waals surface area contributed by atoms with Gasteiger partial charge in [0.15, 0.2) is 0 Å². The number of unbranched alkanes of at least 4 members (excludes halogenated alkanes) is 3. The molecule has 0 atom stereocenters. The lowest BCUT2D eigenvalue weighted by Gasteiger charge is -2.20. The largest absolute Gasteiger partial charge is 0.352 e. The molecule has 0 fully saturated rings. The first-order valence-electron chi connectivity index (χ1n) is 7.62. The topological polar surface area (TPSA) is 58.2 Å². The van der Waals surface area contributed by atoms with Crippen LogP contribution >= 0.6 is 0 Å². The second kappa shape index (κ2) is 8.28. The smallest absolute Gasteiger partial charge is 0.220 e. The van der Waals surface area contributed by atoms with Crippen molar-refractivity contribution >= 4 is 11.8 Å². The molecule has 0 aromatic heterocycles. The van der Waals surface area contributed by atoms with E-state index in [1.165, 1.54) is 0 Å². The average molecular weight is 284 g/mol. The maximum Gasteiger partial charge on any atom is 0.220 e. The monoisotopic (exact) mass is 284 g/mol. The van der Waals surface area contributed by atoms with Crippen LogP contribution in [0.2, 0.25) is 0 Å². The first-order valence-corrected chi connectivity index (χ1v) is 7.62. The molecule has 0 radical (unpaired) electrons. The van der Waals surface area contributed by atoms with Crippen molar-refractivity contribution in [3.05, 3.63) is 0 Å². The summed E-state index contributed by atoms with van der Waals surface area (Å²) in [5.74, 6) is 0.228. The van der Waals surface area contributed by atoms with E-state index in [0.29, 0.717) is 12.8 Å². The van der Waals surface area contributed by atoms with Gasteiger partial charge >= 0.3 is 0 Å². The summed E-state index contributed by atoms with van der Waals surface area (Å²) in [6, 6.07) is 0. The number of amides is 2. The normalized spacial score (nSPS) is 12.1. The van der Waals surface area contributed by atoms with Crippen LogP contribution < -0.4 is 10.6 Å². The first-order chi connectivity index (χ1) is 8.99. The summed E-state index contributed by atoms with van der Waals surface area (Å²) < 4.78 is 0. The number of hydrogen-bond donors (Lipinski definition) is 2. The molecule has 0 aliphatic carbocycles. The Morgan fingerprint density at radius 1 is 0.650 bits per heavy atom. The minimum atomic E-state index is -0.151. The van der Waals surface area contributed by atoms with Crippen molar-refractivity contribution in [1.82, 2.24) is 10.6 Å². The molecule has 2 amide bonds. The van der Waals surface area contributed by atoms with E-state index in [1.807, 2.05) is 41.5 Å². The highest BCUT2D eigenvalue weighted by Gasteiger charge is 2.14. The molecule has 0 heterocycles. The zero-order valence-electron chi connectivity index (χ0n) is 14.1. The van der Waals surface area contributed by atoms with E-state index in [4.69, 9.17) is 0 Å². The van der Waals surface area contributed by atoms with Crippen molar-refractivity contribution in [2.75, 3.05) is 0 Å². The number of carbonyl (C=O) groups is 2. The van der Waals surface area contributed by atoms with Crippen LogP contribution in [-0.4, -0.2) is 22.9 Å². The molecule has 2 N–H and O–H groups in total. The Bertz CT molecular complexity index is 279. The lowest BCUT2D eigenvalue weighted by atomic mass is 10.1. The van der Waals surface area contributed by atoms with Gasteiger partial charge in [-0.2, -0.15) is 0 Å². The van der Waals surface area contributed by atoms with Crippen LogP contribution in [0.4, 0.5) is 0 Å². The van der Waals surface area contributed by atoms with Crippen LogP contribution in [0.3, 0.4) is 0 Å². The highest BCUT2D eigenvalue weighted by molar-refractivity contribution is 5.77. The SMILES string of the molecule is CC(C)(C)NC(=O)CCCCCCC(=O)NC(C)(C)C. The Morgan fingerprint density at radius 3 is 1.20 bits per heavy atom. The summed E-state index contributed by atoms with van der Waals surface area (Å²) in [4.78, 5) is 23.2. The number of nitrogens with one attached hydrogen (secondary N) is 2.